The van der Waals surface area contributed by atoms with Crippen LogP contribution < -0.4 is 39.4 Å². The first-order chi connectivity index (χ1) is 31.5. The molecule has 12 rings (SSSR count). The highest BCUT2D eigenvalue weighted by Crippen LogP contribution is 2.36. The molecule has 2 N–H and O–H groups in total. The number of anilines is 2. The largest absolute Gasteiger partial charge is 0.454 e. The molecule has 0 amide bonds. The predicted octanol–water partition coefficient (Wildman–Crippen LogP) is 6.60. The van der Waals surface area contributed by atoms with Crippen LogP contribution in [0.3, 0.4) is 0 Å². The van der Waals surface area contributed by atoms with E-state index in [1.807, 2.05) is 84.9 Å². The van der Waals surface area contributed by atoms with Gasteiger partial charge in [0, 0.05) is 76.2 Å². The highest BCUT2D eigenvalue weighted by Gasteiger charge is 2.26. The van der Waals surface area contributed by atoms with Gasteiger partial charge >= 0.3 is 0 Å². The van der Waals surface area contributed by atoms with E-state index in [1.165, 1.54) is 0 Å². The molecule has 2 saturated heterocycles. The lowest BCUT2D eigenvalue weighted by Crippen LogP contribution is -2.51. The standard InChI is InChI=1S/2C23H21N5O3S/c2*32-23(24-12-15-5-6-18-19(11-15)30-14-29-18)28-9-7-27(8-10-28)22-21-20(25-13-26-22)16-3-1-2-4-17(16)31-21/h2*1-6,11,13H,7-10,12,14H2,(H,24,32). The fourth-order valence-corrected chi connectivity index (χ4v) is 8.91. The van der Waals surface area contributed by atoms with Gasteiger partial charge < -0.3 is 58.0 Å². The zero-order chi connectivity index (χ0) is 43.0. The van der Waals surface area contributed by atoms with Crippen LogP contribution in [0.5, 0.6) is 23.0 Å². The van der Waals surface area contributed by atoms with Crippen molar-refractivity contribution in [3.8, 4) is 23.0 Å². The molecule has 18 heteroatoms. The summed E-state index contributed by atoms with van der Waals surface area (Å²) in [5.74, 6) is 4.82. The number of fused-ring (bicyclic) bond motifs is 8. The molecule has 64 heavy (non-hydrogen) atoms. The van der Waals surface area contributed by atoms with Crippen molar-refractivity contribution in [2.24, 2.45) is 0 Å². The highest BCUT2D eigenvalue weighted by atomic mass is 32.1. The second-order valence-electron chi connectivity index (χ2n) is 15.6. The van der Waals surface area contributed by atoms with Gasteiger partial charge in [0.25, 0.3) is 0 Å². The molecule has 4 aliphatic rings. The quantitative estimate of drug-likeness (QED) is 0.172. The second-order valence-corrected chi connectivity index (χ2v) is 16.4. The van der Waals surface area contributed by atoms with Crippen molar-refractivity contribution in [1.29, 1.82) is 0 Å². The minimum absolute atomic E-state index is 0.279. The van der Waals surface area contributed by atoms with Crippen LogP contribution in [-0.4, -0.2) is 106 Å². The third-order valence-corrected chi connectivity index (χ3v) is 12.6. The summed E-state index contributed by atoms with van der Waals surface area (Å²) in [6, 6.07) is 27.8. The van der Waals surface area contributed by atoms with Crippen molar-refractivity contribution < 1.29 is 27.8 Å². The van der Waals surface area contributed by atoms with Crippen LogP contribution in [0.1, 0.15) is 11.1 Å². The molecule has 0 spiro atoms. The van der Waals surface area contributed by atoms with E-state index >= 15 is 0 Å². The molecule has 16 nitrogen and oxygen atoms in total. The summed E-state index contributed by atoms with van der Waals surface area (Å²) in [6.07, 6.45) is 3.23. The minimum Gasteiger partial charge on any atom is -0.454 e. The van der Waals surface area contributed by atoms with E-state index in [0.29, 0.717) is 13.1 Å². The lowest BCUT2D eigenvalue weighted by molar-refractivity contribution is 0.173. The van der Waals surface area contributed by atoms with Crippen molar-refractivity contribution in [2.45, 2.75) is 13.1 Å². The number of nitrogens with one attached hydrogen (secondary N) is 2. The Hall–Kier alpha value is -7.18. The van der Waals surface area contributed by atoms with Crippen molar-refractivity contribution in [1.82, 2.24) is 40.4 Å². The Labute approximate surface area is 377 Å². The second kappa shape index (κ2) is 17.2. The molecular weight excluding hydrogens is 853 g/mol. The fraction of sp³-hybridized carbons (Fsp3) is 0.261. The summed E-state index contributed by atoms with van der Waals surface area (Å²) in [4.78, 5) is 26.8. The average molecular weight is 895 g/mol. The van der Waals surface area contributed by atoms with Crippen LogP contribution >= 0.6 is 24.4 Å². The van der Waals surface area contributed by atoms with Gasteiger partial charge in [-0.3, -0.25) is 0 Å². The van der Waals surface area contributed by atoms with Gasteiger partial charge in [0.05, 0.1) is 0 Å². The van der Waals surface area contributed by atoms with Crippen LogP contribution in [0, 0.1) is 0 Å². The number of hydrogen-bond donors (Lipinski definition) is 2. The normalized spacial score (nSPS) is 15.5. The van der Waals surface area contributed by atoms with Crippen LogP contribution in [-0.2, 0) is 13.1 Å². The first-order valence-corrected chi connectivity index (χ1v) is 21.9. The number of para-hydroxylation sites is 2. The summed E-state index contributed by atoms with van der Waals surface area (Å²) in [5, 5.41) is 10.2. The number of piperazine rings is 2. The number of ether oxygens (including phenoxy) is 4. The van der Waals surface area contributed by atoms with E-state index in [2.05, 4.69) is 50.2 Å². The van der Waals surface area contributed by atoms with Gasteiger partial charge in [0.1, 0.15) is 34.9 Å². The number of furan rings is 2. The first-order valence-electron chi connectivity index (χ1n) is 21.1. The molecule has 0 bridgehead atoms. The van der Waals surface area contributed by atoms with Gasteiger partial charge in [-0.1, -0.05) is 36.4 Å². The maximum Gasteiger partial charge on any atom is 0.231 e. The molecule has 4 aliphatic heterocycles. The molecule has 324 valence electrons. The van der Waals surface area contributed by atoms with Crippen LogP contribution in [0.4, 0.5) is 11.6 Å². The molecule has 2 fully saturated rings. The van der Waals surface area contributed by atoms with E-state index in [0.717, 1.165) is 152 Å². The third-order valence-electron chi connectivity index (χ3n) is 11.8. The molecule has 0 unspecified atom stereocenters. The lowest BCUT2D eigenvalue weighted by Gasteiger charge is -2.36. The molecule has 0 aliphatic carbocycles. The zero-order valence-electron chi connectivity index (χ0n) is 34.6. The smallest absolute Gasteiger partial charge is 0.231 e. The Morgan fingerprint density at radius 2 is 0.922 bits per heavy atom. The molecule has 4 aromatic carbocycles. The van der Waals surface area contributed by atoms with Crippen LogP contribution in [0.2, 0.25) is 0 Å². The van der Waals surface area contributed by atoms with E-state index in [1.54, 1.807) is 12.7 Å². The third kappa shape index (κ3) is 7.78. The Morgan fingerprint density at radius 1 is 0.500 bits per heavy atom. The molecule has 0 radical (unpaired) electrons. The number of aromatic nitrogens is 4. The molecule has 8 aromatic rings. The Bertz CT molecular complexity index is 2830. The maximum absolute atomic E-state index is 6.09. The zero-order valence-corrected chi connectivity index (χ0v) is 36.2. The Morgan fingerprint density at radius 3 is 1.38 bits per heavy atom. The monoisotopic (exact) mass is 894 g/mol. The molecule has 0 saturated carbocycles. The van der Waals surface area contributed by atoms with Crippen LogP contribution in [0.15, 0.2) is 106 Å². The Kier molecular flexibility index (Phi) is 10.6. The highest BCUT2D eigenvalue weighted by molar-refractivity contribution is 7.80. The molecule has 8 heterocycles. The summed E-state index contributed by atoms with van der Waals surface area (Å²) in [5.41, 5.74) is 7.06. The van der Waals surface area contributed by atoms with Gasteiger partial charge in [-0.05, 0) is 84.1 Å². The van der Waals surface area contributed by atoms with Crippen molar-refractivity contribution >= 4 is 90.4 Å². The number of benzene rings is 4. The maximum atomic E-state index is 6.09. The SMILES string of the molecule is S=C(NCc1ccc2c(c1)OCO2)N1CCN(c2ncnc3c2oc2ccccc23)CC1.S=C(NCc1ccc2c(c1)OCO2)N1CCN(c2ncnc3c2oc2ccccc23)CC1. The summed E-state index contributed by atoms with van der Waals surface area (Å²) in [6.45, 7) is 8.26. The van der Waals surface area contributed by atoms with E-state index < -0.39 is 0 Å². The van der Waals surface area contributed by atoms with Crippen molar-refractivity contribution in [2.75, 3.05) is 75.7 Å². The predicted molar refractivity (Wildman–Crippen MR) is 250 cm³/mol. The number of nitrogens with zero attached hydrogens (tertiary/aromatic N) is 8. The fourth-order valence-electron chi connectivity index (χ4n) is 8.40. The van der Waals surface area contributed by atoms with E-state index in [4.69, 9.17) is 52.2 Å². The van der Waals surface area contributed by atoms with Gasteiger partial charge in [0.15, 0.2) is 56.0 Å². The first kappa shape index (κ1) is 39.7. The van der Waals surface area contributed by atoms with Gasteiger partial charge in [-0.25, -0.2) is 19.9 Å². The van der Waals surface area contributed by atoms with Gasteiger partial charge in [-0.15, -0.1) is 0 Å². The molecule has 4 aromatic heterocycles. The summed E-state index contributed by atoms with van der Waals surface area (Å²) < 4.78 is 33.8. The van der Waals surface area contributed by atoms with Crippen LogP contribution in [0.25, 0.3) is 44.1 Å². The summed E-state index contributed by atoms with van der Waals surface area (Å²) >= 11 is 11.3. The topological polar surface area (TPSA) is 152 Å². The number of rotatable bonds is 6. The minimum atomic E-state index is 0.279. The Balaban J connectivity index is 0.000000143. The van der Waals surface area contributed by atoms with E-state index in [9.17, 15) is 0 Å². The molecular formula is C46H42N10O6S2. The summed E-state index contributed by atoms with van der Waals surface area (Å²) in [7, 11) is 0. The van der Waals surface area contributed by atoms with Crippen molar-refractivity contribution in [3.63, 3.8) is 0 Å². The number of thiocarbonyl (C=S) groups is 2. The molecule has 0 atom stereocenters. The van der Waals surface area contributed by atoms with E-state index in [-0.39, 0.29) is 13.6 Å². The van der Waals surface area contributed by atoms with Crippen molar-refractivity contribution in [3.05, 3.63) is 109 Å². The van der Waals surface area contributed by atoms with Gasteiger partial charge in [-0.2, -0.15) is 0 Å². The lowest BCUT2D eigenvalue weighted by atomic mass is 10.2. The average Bonchev–Trinajstić information content (AvgIpc) is 4.17. The van der Waals surface area contributed by atoms with Gasteiger partial charge in [0.2, 0.25) is 13.6 Å². The number of hydrogen-bond acceptors (Lipinski definition) is 14.